The van der Waals surface area contributed by atoms with Crippen molar-refractivity contribution in [2.24, 2.45) is 0 Å². The van der Waals surface area contributed by atoms with E-state index in [2.05, 4.69) is 0 Å². The largest absolute Gasteiger partial charge is 0.464 e. The molecule has 0 aromatic rings. The highest BCUT2D eigenvalue weighted by molar-refractivity contribution is 6.07. The highest BCUT2D eigenvalue weighted by atomic mass is 16.5. The second-order valence-electron chi connectivity index (χ2n) is 3.35. The van der Waals surface area contributed by atoms with Crippen LogP contribution in [0.4, 0.5) is 0 Å². The summed E-state index contributed by atoms with van der Waals surface area (Å²) in [5, 5.41) is 0. The number of hydrogen-bond acceptors (Lipinski definition) is 4. The lowest BCUT2D eigenvalue weighted by Gasteiger charge is -2.34. The van der Waals surface area contributed by atoms with Crippen LogP contribution in [0.1, 0.15) is 6.92 Å². The smallest absolute Gasteiger partial charge is 0.338 e. The van der Waals surface area contributed by atoms with Gasteiger partial charge in [-0.25, -0.2) is 4.79 Å². The van der Waals surface area contributed by atoms with Crippen molar-refractivity contribution in [3.05, 3.63) is 0 Å². The molecule has 1 aliphatic heterocycles. The van der Waals surface area contributed by atoms with Gasteiger partial charge < -0.3 is 14.5 Å². The molecule has 15 heavy (non-hydrogen) atoms. The predicted molar refractivity (Wildman–Crippen MR) is 50.8 cm³/mol. The summed E-state index contributed by atoms with van der Waals surface area (Å²) in [4.78, 5) is 36.8. The maximum absolute atomic E-state index is 11.6. The predicted octanol–water partition coefficient (Wildman–Crippen LogP) is -1.15. The fourth-order valence-electron chi connectivity index (χ4n) is 1.39. The van der Waals surface area contributed by atoms with Crippen LogP contribution >= 0.6 is 0 Å². The second kappa shape index (κ2) is 4.29. The van der Waals surface area contributed by atoms with Gasteiger partial charge in [-0.2, -0.15) is 0 Å². The lowest BCUT2D eigenvalue weighted by atomic mass is 10.1. The quantitative estimate of drug-likeness (QED) is 0.430. The van der Waals surface area contributed by atoms with Crippen molar-refractivity contribution in [2.45, 2.75) is 13.0 Å². The molecule has 1 atom stereocenters. The van der Waals surface area contributed by atoms with E-state index in [4.69, 9.17) is 4.74 Å². The van der Waals surface area contributed by atoms with Crippen molar-refractivity contribution in [3.8, 4) is 0 Å². The zero-order valence-corrected chi connectivity index (χ0v) is 9.02. The van der Waals surface area contributed by atoms with Crippen molar-refractivity contribution < 1.29 is 19.1 Å². The number of nitrogens with zero attached hydrogens (tertiary/aromatic N) is 2. The van der Waals surface area contributed by atoms with Crippen LogP contribution < -0.4 is 0 Å². The van der Waals surface area contributed by atoms with E-state index in [0.717, 1.165) is 4.90 Å². The normalized spacial score (nSPS) is 21.9. The van der Waals surface area contributed by atoms with Crippen molar-refractivity contribution in [1.82, 2.24) is 9.80 Å². The number of carbonyl (C=O) groups is 3. The average molecular weight is 214 g/mol. The summed E-state index contributed by atoms with van der Waals surface area (Å²) in [7, 11) is 2.91. The van der Waals surface area contributed by atoms with Crippen LogP contribution in [0.5, 0.6) is 0 Å². The molecule has 1 fully saturated rings. The Bertz CT molecular complexity index is 302. The first-order valence-electron chi connectivity index (χ1n) is 4.66. The summed E-state index contributed by atoms with van der Waals surface area (Å²) in [5.74, 6) is -1.35. The Labute approximate surface area is 87.8 Å². The molecule has 0 aromatic carbocycles. The van der Waals surface area contributed by atoms with Crippen LogP contribution in [0.15, 0.2) is 0 Å². The lowest BCUT2D eigenvalue weighted by molar-refractivity contribution is -0.166. The van der Waals surface area contributed by atoms with E-state index in [1.165, 1.54) is 19.0 Å². The topological polar surface area (TPSA) is 66.9 Å². The zero-order chi connectivity index (χ0) is 11.6. The van der Waals surface area contributed by atoms with E-state index in [1.54, 1.807) is 6.92 Å². The van der Waals surface area contributed by atoms with Crippen LogP contribution in [0.25, 0.3) is 0 Å². The van der Waals surface area contributed by atoms with E-state index >= 15 is 0 Å². The van der Waals surface area contributed by atoms with Crippen LogP contribution in [-0.4, -0.2) is 60.9 Å². The molecule has 1 aliphatic rings. The minimum Gasteiger partial charge on any atom is -0.464 e. The number of esters is 1. The molecule has 1 unspecified atom stereocenters. The fraction of sp³-hybridized carbons (Fsp3) is 0.667. The van der Waals surface area contributed by atoms with Gasteiger partial charge in [-0.1, -0.05) is 0 Å². The van der Waals surface area contributed by atoms with Crippen molar-refractivity contribution in [1.29, 1.82) is 0 Å². The molecule has 0 spiro atoms. The first-order chi connectivity index (χ1) is 6.99. The van der Waals surface area contributed by atoms with Gasteiger partial charge in [-0.15, -0.1) is 0 Å². The summed E-state index contributed by atoms with van der Waals surface area (Å²) >= 11 is 0. The van der Waals surface area contributed by atoms with Gasteiger partial charge in [0.2, 0.25) is 11.9 Å². The maximum Gasteiger partial charge on any atom is 0.338 e. The Balaban J connectivity index is 2.87. The number of likely N-dealkylation sites (N-methyl/N-ethyl adjacent to an activating group) is 2. The Morgan fingerprint density at radius 2 is 2.07 bits per heavy atom. The van der Waals surface area contributed by atoms with Gasteiger partial charge in [0.15, 0.2) is 0 Å². The van der Waals surface area contributed by atoms with Crippen LogP contribution in [0, 0.1) is 0 Å². The summed E-state index contributed by atoms with van der Waals surface area (Å²) in [6, 6.07) is -1.13. The minimum atomic E-state index is -1.13. The molecule has 0 aromatic heterocycles. The van der Waals surface area contributed by atoms with Gasteiger partial charge in [-0.3, -0.25) is 9.59 Å². The zero-order valence-electron chi connectivity index (χ0n) is 9.02. The van der Waals surface area contributed by atoms with E-state index in [0.29, 0.717) is 0 Å². The van der Waals surface area contributed by atoms with Gasteiger partial charge in [-0.05, 0) is 6.92 Å². The Hall–Kier alpha value is -1.59. The standard InChI is InChI=1S/C9H14N2O4/c1-4-15-9(14)7-8(13)10(2)5-6(12)11(7)3/h7H,4-5H2,1-3H3. The van der Waals surface area contributed by atoms with Gasteiger partial charge in [0.05, 0.1) is 13.2 Å². The number of ether oxygens (including phenoxy) is 1. The minimum absolute atomic E-state index is 0.00520. The molecule has 1 rings (SSSR count). The molecule has 1 saturated heterocycles. The number of rotatable bonds is 2. The Kier molecular flexibility index (Phi) is 3.28. The molecule has 0 bridgehead atoms. The summed E-state index contributed by atoms with van der Waals surface area (Å²) < 4.78 is 4.74. The fourth-order valence-corrected chi connectivity index (χ4v) is 1.39. The van der Waals surface area contributed by atoms with Crippen molar-refractivity contribution >= 4 is 17.8 Å². The van der Waals surface area contributed by atoms with Crippen molar-refractivity contribution in [3.63, 3.8) is 0 Å². The van der Waals surface area contributed by atoms with E-state index in [9.17, 15) is 14.4 Å². The number of hydrogen-bond donors (Lipinski definition) is 0. The summed E-state index contributed by atoms with van der Waals surface area (Å²) in [5.41, 5.74) is 0. The highest BCUT2D eigenvalue weighted by Gasteiger charge is 2.41. The van der Waals surface area contributed by atoms with Gasteiger partial charge in [0, 0.05) is 14.1 Å². The first kappa shape index (κ1) is 11.5. The summed E-state index contributed by atoms with van der Waals surface area (Å²) in [6.45, 7) is 1.84. The first-order valence-corrected chi connectivity index (χ1v) is 4.66. The average Bonchev–Trinajstić information content (AvgIpc) is 2.16. The Morgan fingerprint density at radius 3 is 2.60 bits per heavy atom. The summed E-state index contributed by atoms with van der Waals surface area (Å²) in [6.07, 6.45) is 0. The molecular formula is C9H14N2O4. The molecule has 6 nitrogen and oxygen atoms in total. The SMILES string of the molecule is CCOC(=O)C1C(=O)N(C)CC(=O)N1C. The monoisotopic (exact) mass is 214 g/mol. The second-order valence-corrected chi connectivity index (χ2v) is 3.35. The molecule has 6 heteroatoms. The third kappa shape index (κ3) is 2.08. The maximum atomic E-state index is 11.6. The molecular weight excluding hydrogens is 200 g/mol. The number of amides is 2. The third-order valence-corrected chi connectivity index (χ3v) is 2.27. The Morgan fingerprint density at radius 1 is 1.47 bits per heavy atom. The van der Waals surface area contributed by atoms with Crippen LogP contribution in [-0.2, 0) is 19.1 Å². The molecule has 0 aliphatic carbocycles. The van der Waals surface area contributed by atoms with E-state index in [-0.39, 0.29) is 19.1 Å². The molecule has 0 radical (unpaired) electrons. The molecule has 84 valence electrons. The lowest BCUT2D eigenvalue weighted by Crippen LogP contribution is -2.60. The van der Waals surface area contributed by atoms with Gasteiger partial charge in [0.1, 0.15) is 0 Å². The molecule has 2 amide bonds. The van der Waals surface area contributed by atoms with Gasteiger partial charge in [0.25, 0.3) is 5.91 Å². The van der Waals surface area contributed by atoms with E-state index in [1.807, 2.05) is 0 Å². The molecule has 0 N–H and O–H groups in total. The third-order valence-electron chi connectivity index (χ3n) is 2.27. The number of carbonyl (C=O) groups excluding carboxylic acids is 3. The van der Waals surface area contributed by atoms with E-state index < -0.39 is 17.9 Å². The van der Waals surface area contributed by atoms with Crippen LogP contribution in [0.3, 0.4) is 0 Å². The van der Waals surface area contributed by atoms with Crippen LogP contribution in [0.2, 0.25) is 0 Å². The molecule has 1 heterocycles. The molecule has 0 saturated carbocycles. The van der Waals surface area contributed by atoms with Crippen molar-refractivity contribution in [2.75, 3.05) is 27.2 Å². The number of piperazine rings is 1. The highest BCUT2D eigenvalue weighted by Crippen LogP contribution is 2.10. The van der Waals surface area contributed by atoms with Gasteiger partial charge >= 0.3 is 5.97 Å².